The van der Waals surface area contributed by atoms with Crippen molar-refractivity contribution in [2.45, 2.75) is 32.3 Å². The van der Waals surface area contributed by atoms with Gasteiger partial charge in [0.15, 0.2) is 0 Å². The molecule has 3 aromatic carbocycles. The number of pyridine rings is 1. The number of aryl methyl sites for hydroxylation is 1. The number of hydrazone groups is 1. The van der Waals surface area contributed by atoms with Gasteiger partial charge in [0.05, 0.1) is 34.2 Å². The lowest BCUT2D eigenvalue weighted by Gasteiger charge is -2.20. The van der Waals surface area contributed by atoms with Crippen molar-refractivity contribution < 1.29 is 9.66 Å². The number of non-ortho nitro benzene ring substituents is 1. The third kappa shape index (κ3) is 5.76. The second-order valence-corrected chi connectivity index (χ2v) is 9.30. The molecule has 0 saturated carbocycles. The molecule has 40 heavy (non-hydrogen) atoms. The van der Waals surface area contributed by atoms with Gasteiger partial charge in [0, 0.05) is 23.2 Å². The van der Waals surface area contributed by atoms with Crippen molar-refractivity contribution in [1.82, 2.24) is 20.0 Å². The first-order chi connectivity index (χ1) is 19.1. The lowest BCUT2D eigenvalue weighted by Crippen LogP contribution is -2.09. The van der Waals surface area contributed by atoms with Crippen LogP contribution in [0.4, 0.5) is 11.4 Å². The number of aromatic nitrogens is 4. The van der Waals surface area contributed by atoms with Crippen LogP contribution >= 0.6 is 12.4 Å². The summed E-state index contributed by atoms with van der Waals surface area (Å²) >= 11 is 0. The van der Waals surface area contributed by atoms with E-state index in [9.17, 15) is 10.1 Å². The standard InChI is InChI=1S/C29H25N7O3.ClH/c37-36(38)23-7-5-6-22(16-23)35-18-21(32-34-35)19-39-24-14-12-20(13-15-24)17-30-33-29-25-8-1-3-10-27(25)31-28-11-4-2-9-26(28)29;/h1,3,5-8,10,12-18H,2,4,9,11,19H2,(H,31,33);1H/b30-17+;. The number of fused-ring (bicyclic) bond motifs is 2. The maximum atomic E-state index is 11.0. The molecule has 202 valence electrons. The highest BCUT2D eigenvalue weighted by molar-refractivity contribution is 5.94. The molecule has 0 spiro atoms. The lowest BCUT2D eigenvalue weighted by atomic mass is 9.93. The predicted molar refractivity (Wildman–Crippen MR) is 156 cm³/mol. The smallest absolute Gasteiger partial charge is 0.271 e. The monoisotopic (exact) mass is 555 g/mol. The topological polar surface area (TPSA) is 120 Å². The van der Waals surface area contributed by atoms with Gasteiger partial charge in [-0.15, -0.1) is 17.5 Å². The zero-order valence-corrected chi connectivity index (χ0v) is 22.3. The Morgan fingerprint density at radius 1 is 1.05 bits per heavy atom. The quantitative estimate of drug-likeness (QED) is 0.140. The molecular weight excluding hydrogens is 530 g/mol. The second-order valence-electron chi connectivity index (χ2n) is 9.30. The summed E-state index contributed by atoms with van der Waals surface area (Å²) in [6.07, 6.45) is 7.83. The number of nitro benzene ring substituents is 1. The Kier molecular flexibility index (Phi) is 7.97. The summed E-state index contributed by atoms with van der Waals surface area (Å²) in [5.41, 5.74) is 9.85. The average molecular weight is 556 g/mol. The van der Waals surface area contributed by atoms with Gasteiger partial charge in [0.1, 0.15) is 18.1 Å². The van der Waals surface area contributed by atoms with Gasteiger partial charge in [-0.05, 0) is 73.2 Å². The first kappa shape index (κ1) is 26.8. The molecule has 1 aliphatic rings. The third-order valence-electron chi connectivity index (χ3n) is 6.67. The number of nitrogens with one attached hydrogen (secondary N) is 1. The van der Waals surface area contributed by atoms with Crippen LogP contribution in [0.3, 0.4) is 0 Å². The minimum absolute atomic E-state index is 0. The van der Waals surface area contributed by atoms with E-state index in [1.54, 1.807) is 24.5 Å². The van der Waals surface area contributed by atoms with E-state index in [2.05, 4.69) is 26.9 Å². The first-order valence-electron chi connectivity index (χ1n) is 12.7. The van der Waals surface area contributed by atoms with E-state index in [0.29, 0.717) is 17.1 Å². The molecule has 5 aromatic rings. The Balaban J connectivity index is 0.00000323. The van der Waals surface area contributed by atoms with Crippen LogP contribution in [0.5, 0.6) is 5.75 Å². The van der Waals surface area contributed by atoms with Crippen LogP contribution in [-0.2, 0) is 19.4 Å². The van der Waals surface area contributed by atoms with Gasteiger partial charge < -0.3 is 4.74 Å². The van der Waals surface area contributed by atoms with E-state index in [0.717, 1.165) is 41.4 Å². The number of nitro groups is 1. The Hall–Kier alpha value is -4.83. The molecule has 0 radical (unpaired) electrons. The van der Waals surface area contributed by atoms with Crippen LogP contribution in [-0.4, -0.2) is 31.1 Å². The SMILES string of the molecule is Cl.O=[N+]([O-])c1cccc(-n2cc(COc3ccc(/C=N/Nc4c5c(nc6ccccc46)CCCC5)cc3)nn2)c1. The zero-order chi connectivity index (χ0) is 26.6. The maximum absolute atomic E-state index is 11.0. The van der Waals surface area contributed by atoms with Gasteiger partial charge in [-0.2, -0.15) is 5.10 Å². The van der Waals surface area contributed by atoms with E-state index >= 15 is 0 Å². The van der Waals surface area contributed by atoms with E-state index < -0.39 is 4.92 Å². The van der Waals surface area contributed by atoms with Crippen molar-refractivity contribution in [2.75, 3.05) is 5.43 Å². The van der Waals surface area contributed by atoms with Gasteiger partial charge in [-0.1, -0.05) is 29.5 Å². The van der Waals surface area contributed by atoms with Crippen molar-refractivity contribution in [2.24, 2.45) is 5.10 Å². The predicted octanol–water partition coefficient (Wildman–Crippen LogP) is 6.05. The zero-order valence-electron chi connectivity index (χ0n) is 21.4. The van der Waals surface area contributed by atoms with Crippen LogP contribution in [0.1, 0.15) is 35.4 Å². The second kappa shape index (κ2) is 11.9. The fourth-order valence-electron chi connectivity index (χ4n) is 4.72. The molecule has 0 bridgehead atoms. The Labute approximate surface area is 236 Å². The summed E-state index contributed by atoms with van der Waals surface area (Å²) in [7, 11) is 0. The molecule has 2 aromatic heterocycles. The van der Waals surface area contributed by atoms with E-state index in [1.807, 2.05) is 42.5 Å². The van der Waals surface area contributed by atoms with E-state index in [-0.39, 0.29) is 24.7 Å². The summed E-state index contributed by atoms with van der Waals surface area (Å²) in [4.78, 5) is 15.5. The normalized spacial score (nSPS) is 12.6. The number of para-hydroxylation sites is 1. The molecule has 10 nitrogen and oxygen atoms in total. The van der Waals surface area contributed by atoms with Crippen molar-refractivity contribution in [3.8, 4) is 11.4 Å². The van der Waals surface area contributed by atoms with Gasteiger partial charge in [0.2, 0.25) is 0 Å². The number of hydrogen-bond acceptors (Lipinski definition) is 8. The highest BCUT2D eigenvalue weighted by Gasteiger charge is 2.17. The highest BCUT2D eigenvalue weighted by Crippen LogP contribution is 2.33. The van der Waals surface area contributed by atoms with Crippen molar-refractivity contribution in [3.63, 3.8) is 0 Å². The number of halogens is 1. The van der Waals surface area contributed by atoms with Crippen LogP contribution in [0.15, 0.2) is 84.1 Å². The molecular formula is C29H26ClN7O3. The van der Waals surface area contributed by atoms with E-state index in [1.165, 1.54) is 34.5 Å². The average Bonchev–Trinajstić information content (AvgIpc) is 3.46. The summed E-state index contributed by atoms with van der Waals surface area (Å²) < 4.78 is 7.34. The maximum Gasteiger partial charge on any atom is 0.271 e. The van der Waals surface area contributed by atoms with E-state index in [4.69, 9.17) is 9.72 Å². The molecule has 11 heteroatoms. The van der Waals surface area contributed by atoms with Crippen LogP contribution in [0.2, 0.25) is 0 Å². The van der Waals surface area contributed by atoms with Crippen molar-refractivity contribution in [1.29, 1.82) is 0 Å². The fourth-order valence-corrected chi connectivity index (χ4v) is 4.72. The number of benzene rings is 3. The number of nitrogens with zero attached hydrogens (tertiary/aromatic N) is 6. The largest absolute Gasteiger partial charge is 0.487 e. The van der Waals surface area contributed by atoms with Crippen LogP contribution < -0.4 is 10.2 Å². The highest BCUT2D eigenvalue weighted by atomic mass is 35.5. The molecule has 0 amide bonds. The Morgan fingerprint density at radius 2 is 1.88 bits per heavy atom. The Morgan fingerprint density at radius 3 is 2.73 bits per heavy atom. The summed E-state index contributed by atoms with van der Waals surface area (Å²) in [6, 6.07) is 22.0. The first-order valence-corrected chi connectivity index (χ1v) is 12.7. The summed E-state index contributed by atoms with van der Waals surface area (Å²) in [5, 5.41) is 24.8. The van der Waals surface area contributed by atoms with Crippen molar-refractivity contribution in [3.05, 3.63) is 112 Å². The molecule has 0 fully saturated rings. The number of rotatable bonds is 8. The van der Waals surface area contributed by atoms with Gasteiger partial charge in [-0.3, -0.25) is 20.5 Å². The molecule has 1 aliphatic carbocycles. The summed E-state index contributed by atoms with van der Waals surface area (Å²) in [6.45, 7) is 0.212. The minimum Gasteiger partial charge on any atom is -0.487 e. The molecule has 2 heterocycles. The van der Waals surface area contributed by atoms with Gasteiger partial charge >= 0.3 is 0 Å². The molecule has 6 rings (SSSR count). The molecule has 0 saturated heterocycles. The molecule has 0 unspecified atom stereocenters. The van der Waals surface area contributed by atoms with Crippen LogP contribution in [0.25, 0.3) is 16.6 Å². The van der Waals surface area contributed by atoms with Gasteiger partial charge in [0.25, 0.3) is 5.69 Å². The van der Waals surface area contributed by atoms with Crippen molar-refractivity contribution >= 4 is 40.9 Å². The molecule has 1 N–H and O–H groups in total. The van der Waals surface area contributed by atoms with Gasteiger partial charge in [-0.25, -0.2) is 4.68 Å². The summed E-state index contributed by atoms with van der Waals surface area (Å²) in [5.74, 6) is 0.680. The Bertz CT molecular complexity index is 1690. The van der Waals surface area contributed by atoms with Crippen LogP contribution in [0, 0.1) is 10.1 Å². The number of hydrogen-bond donors (Lipinski definition) is 1. The lowest BCUT2D eigenvalue weighted by molar-refractivity contribution is -0.384. The molecule has 0 aliphatic heterocycles. The third-order valence-corrected chi connectivity index (χ3v) is 6.67. The number of ether oxygens (including phenoxy) is 1. The fraction of sp³-hybridized carbons (Fsp3) is 0.172. The number of anilines is 1. The minimum atomic E-state index is -0.441. The molecule has 0 atom stereocenters.